The summed E-state index contributed by atoms with van der Waals surface area (Å²) in [5.74, 6) is 1.61. The first kappa shape index (κ1) is 14.8. The highest BCUT2D eigenvalue weighted by Crippen LogP contribution is 2.13. The maximum Gasteiger partial charge on any atom is 0.0251 e. The van der Waals surface area contributed by atoms with Gasteiger partial charge in [-0.25, -0.2) is 0 Å². The molecule has 0 saturated heterocycles. The number of unbranched alkanes of at least 4 members (excludes halogenated alkanes) is 1. The standard InChI is InChI=1S/C8H17Cl.C2H7N/c1-3-5-6-8(4-2)7-9;1-3-2/h8H,3-7H2,1-2H3;3H,1-2H3. The smallest absolute Gasteiger partial charge is 0.0251 e. The molecule has 0 aliphatic rings. The van der Waals surface area contributed by atoms with Crippen molar-refractivity contribution < 1.29 is 0 Å². The fourth-order valence-corrected chi connectivity index (χ4v) is 1.26. The molecule has 0 spiro atoms. The summed E-state index contributed by atoms with van der Waals surface area (Å²) >= 11 is 5.70. The van der Waals surface area contributed by atoms with Crippen LogP contribution >= 0.6 is 11.6 Å². The third-order valence-corrected chi connectivity index (χ3v) is 2.20. The van der Waals surface area contributed by atoms with Gasteiger partial charge in [0.1, 0.15) is 0 Å². The summed E-state index contributed by atoms with van der Waals surface area (Å²) < 4.78 is 0. The number of hydrogen-bond donors (Lipinski definition) is 1. The number of hydrogen-bond acceptors (Lipinski definition) is 1. The minimum absolute atomic E-state index is 0.770. The Morgan fingerprint density at radius 3 is 2.00 bits per heavy atom. The third-order valence-electron chi connectivity index (χ3n) is 1.76. The van der Waals surface area contributed by atoms with Crippen LogP contribution in [0.15, 0.2) is 0 Å². The number of rotatable bonds is 5. The first-order valence-electron chi connectivity index (χ1n) is 4.91. The molecule has 0 bridgehead atoms. The minimum Gasteiger partial charge on any atom is -0.323 e. The zero-order valence-electron chi connectivity index (χ0n) is 8.99. The van der Waals surface area contributed by atoms with Crippen LogP contribution in [0.2, 0.25) is 0 Å². The number of nitrogens with one attached hydrogen (secondary N) is 1. The molecule has 1 atom stereocenters. The molecule has 0 aromatic carbocycles. The average molecular weight is 194 g/mol. The lowest BCUT2D eigenvalue weighted by atomic mass is 10.0. The fraction of sp³-hybridized carbons (Fsp3) is 1.00. The molecule has 2 heteroatoms. The van der Waals surface area contributed by atoms with Crippen LogP contribution in [0.5, 0.6) is 0 Å². The van der Waals surface area contributed by atoms with Gasteiger partial charge in [0.2, 0.25) is 0 Å². The molecule has 1 nitrogen and oxygen atoms in total. The Morgan fingerprint density at radius 1 is 1.25 bits per heavy atom. The van der Waals surface area contributed by atoms with Crippen LogP contribution in [0, 0.1) is 5.92 Å². The Bertz CT molecular complexity index is 62.9. The van der Waals surface area contributed by atoms with E-state index in [0.717, 1.165) is 11.8 Å². The summed E-state index contributed by atoms with van der Waals surface area (Å²) in [7, 11) is 3.75. The van der Waals surface area contributed by atoms with E-state index in [9.17, 15) is 0 Å². The van der Waals surface area contributed by atoms with Crippen molar-refractivity contribution in [3.05, 3.63) is 0 Å². The van der Waals surface area contributed by atoms with Crippen molar-refractivity contribution in [2.45, 2.75) is 39.5 Å². The van der Waals surface area contributed by atoms with Crippen LogP contribution in [-0.4, -0.2) is 20.0 Å². The van der Waals surface area contributed by atoms with E-state index in [0.29, 0.717) is 0 Å². The Balaban J connectivity index is 0. The number of alkyl halides is 1. The summed E-state index contributed by atoms with van der Waals surface area (Å²) in [6.45, 7) is 4.43. The van der Waals surface area contributed by atoms with Crippen LogP contribution in [0.25, 0.3) is 0 Å². The van der Waals surface area contributed by atoms with Crippen LogP contribution < -0.4 is 5.32 Å². The van der Waals surface area contributed by atoms with E-state index < -0.39 is 0 Å². The molecule has 0 rings (SSSR count). The van der Waals surface area contributed by atoms with Gasteiger partial charge in [-0.05, 0) is 26.4 Å². The predicted molar refractivity (Wildman–Crippen MR) is 59.0 cm³/mol. The molecule has 0 aliphatic carbocycles. The van der Waals surface area contributed by atoms with Gasteiger partial charge in [-0.1, -0.05) is 33.1 Å². The van der Waals surface area contributed by atoms with Crippen molar-refractivity contribution in [1.82, 2.24) is 5.32 Å². The molecular weight excluding hydrogens is 170 g/mol. The normalized spacial score (nSPS) is 11.8. The van der Waals surface area contributed by atoms with E-state index in [2.05, 4.69) is 19.2 Å². The van der Waals surface area contributed by atoms with Crippen LogP contribution in [0.3, 0.4) is 0 Å². The Kier molecular flexibility index (Phi) is 17.0. The van der Waals surface area contributed by atoms with Gasteiger partial charge in [-0.3, -0.25) is 0 Å². The van der Waals surface area contributed by atoms with Gasteiger partial charge in [-0.15, -0.1) is 11.6 Å². The van der Waals surface area contributed by atoms with Crippen molar-refractivity contribution in [1.29, 1.82) is 0 Å². The Hall–Kier alpha value is 0.250. The lowest BCUT2D eigenvalue weighted by Gasteiger charge is -2.08. The molecule has 0 radical (unpaired) electrons. The maximum absolute atomic E-state index is 5.70. The Morgan fingerprint density at radius 2 is 1.75 bits per heavy atom. The fourth-order valence-electron chi connectivity index (χ4n) is 0.883. The monoisotopic (exact) mass is 193 g/mol. The molecule has 0 amide bonds. The summed E-state index contributed by atoms with van der Waals surface area (Å²) in [5.41, 5.74) is 0. The van der Waals surface area contributed by atoms with Gasteiger partial charge in [0.25, 0.3) is 0 Å². The summed E-state index contributed by atoms with van der Waals surface area (Å²) in [6, 6.07) is 0. The minimum atomic E-state index is 0.770. The van der Waals surface area contributed by atoms with Gasteiger partial charge < -0.3 is 5.32 Å². The van der Waals surface area contributed by atoms with Crippen molar-refractivity contribution in [2.75, 3.05) is 20.0 Å². The van der Waals surface area contributed by atoms with Crippen molar-refractivity contribution in [3.8, 4) is 0 Å². The van der Waals surface area contributed by atoms with E-state index in [1.54, 1.807) is 0 Å². The molecule has 0 aliphatic heterocycles. The molecule has 0 fully saturated rings. The first-order valence-corrected chi connectivity index (χ1v) is 5.44. The maximum atomic E-state index is 5.70. The van der Waals surface area contributed by atoms with Gasteiger partial charge in [0.15, 0.2) is 0 Å². The second-order valence-corrected chi connectivity index (χ2v) is 3.38. The molecule has 0 aromatic heterocycles. The second kappa shape index (κ2) is 13.8. The molecule has 1 unspecified atom stereocenters. The Labute approximate surface area is 82.9 Å². The van der Waals surface area contributed by atoms with Crippen molar-refractivity contribution >= 4 is 11.6 Å². The quantitative estimate of drug-likeness (QED) is 0.661. The van der Waals surface area contributed by atoms with E-state index in [1.807, 2.05) is 14.1 Å². The molecule has 12 heavy (non-hydrogen) atoms. The van der Waals surface area contributed by atoms with Crippen LogP contribution in [-0.2, 0) is 0 Å². The van der Waals surface area contributed by atoms with Gasteiger partial charge >= 0.3 is 0 Å². The van der Waals surface area contributed by atoms with E-state index in [-0.39, 0.29) is 0 Å². The second-order valence-electron chi connectivity index (χ2n) is 3.07. The summed E-state index contributed by atoms with van der Waals surface area (Å²) in [4.78, 5) is 0. The van der Waals surface area contributed by atoms with Crippen LogP contribution in [0.4, 0.5) is 0 Å². The lowest BCUT2D eigenvalue weighted by Crippen LogP contribution is -1.99. The zero-order valence-corrected chi connectivity index (χ0v) is 9.75. The molecule has 0 heterocycles. The topological polar surface area (TPSA) is 12.0 Å². The molecule has 0 aromatic rings. The highest BCUT2D eigenvalue weighted by Gasteiger charge is 2.01. The van der Waals surface area contributed by atoms with Gasteiger partial charge in [0, 0.05) is 5.88 Å². The SMILES string of the molecule is CCCCC(CC)CCl.CNC. The van der Waals surface area contributed by atoms with Gasteiger partial charge in [0.05, 0.1) is 0 Å². The highest BCUT2D eigenvalue weighted by atomic mass is 35.5. The predicted octanol–water partition coefficient (Wildman–Crippen LogP) is 3.28. The summed E-state index contributed by atoms with van der Waals surface area (Å²) in [5, 5.41) is 2.75. The van der Waals surface area contributed by atoms with E-state index in [1.165, 1.54) is 25.7 Å². The number of halogens is 1. The molecule has 0 saturated carbocycles. The van der Waals surface area contributed by atoms with Crippen molar-refractivity contribution in [2.24, 2.45) is 5.92 Å². The summed E-state index contributed by atoms with van der Waals surface area (Å²) in [6.07, 6.45) is 5.19. The van der Waals surface area contributed by atoms with E-state index in [4.69, 9.17) is 11.6 Å². The molecular formula is C10H24ClN. The molecule has 76 valence electrons. The van der Waals surface area contributed by atoms with Gasteiger partial charge in [-0.2, -0.15) is 0 Å². The largest absolute Gasteiger partial charge is 0.323 e. The van der Waals surface area contributed by atoms with E-state index >= 15 is 0 Å². The molecule has 1 N–H and O–H groups in total. The van der Waals surface area contributed by atoms with Crippen LogP contribution in [0.1, 0.15) is 39.5 Å². The first-order chi connectivity index (χ1) is 5.76. The average Bonchev–Trinajstić information content (AvgIpc) is 2.08. The highest BCUT2D eigenvalue weighted by molar-refractivity contribution is 6.18. The third kappa shape index (κ3) is 12.9. The zero-order chi connectivity index (χ0) is 9.82. The lowest BCUT2D eigenvalue weighted by molar-refractivity contribution is 0.497. The van der Waals surface area contributed by atoms with Crippen molar-refractivity contribution in [3.63, 3.8) is 0 Å².